The van der Waals surface area contributed by atoms with Crippen LogP contribution in [0.4, 0.5) is 14.6 Å². The average molecular weight is 393 g/mol. The largest absolute Gasteiger partial charge is 0.394 e. The molecule has 28 heavy (non-hydrogen) atoms. The van der Waals surface area contributed by atoms with Gasteiger partial charge in [0.25, 0.3) is 0 Å². The number of halogens is 2. The van der Waals surface area contributed by atoms with Gasteiger partial charge in [0.2, 0.25) is 0 Å². The maximum atomic E-state index is 13.3. The second-order valence-corrected chi connectivity index (χ2v) is 6.38. The Bertz CT molecular complexity index is 1000. The molecule has 1 aromatic carbocycles. The monoisotopic (exact) mass is 393 g/mol. The maximum absolute atomic E-state index is 13.3. The number of ether oxygens (including phenoxy) is 1. The van der Waals surface area contributed by atoms with Gasteiger partial charge >= 0.3 is 0 Å². The van der Waals surface area contributed by atoms with E-state index in [0.717, 1.165) is 12.1 Å². The molecule has 3 aromatic rings. The Labute approximate surface area is 157 Å². The van der Waals surface area contributed by atoms with Gasteiger partial charge in [0.15, 0.2) is 34.8 Å². The summed E-state index contributed by atoms with van der Waals surface area (Å²) in [6.07, 6.45) is -1.78. The highest BCUT2D eigenvalue weighted by atomic mass is 19.2. The van der Waals surface area contributed by atoms with Crippen LogP contribution in [0.25, 0.3) is 11.2 Å². The number of fused-ring (bicyclic) bond motifs is 1. The molecule has 0 amide bonds. The molecule has 4 atom stereocenters. The molecule has 0 saturated carbocycles. The first-order valence-electron chi connectivity index (χ1n) is 8.47. The van der Waals surface area contributed by atoms with Crippen molar-refractivity contribution in [3.63, 3.8) is 0 Å². The van der Waals surface area contributed by atoms with Gasteiger partial charge in [-0.05, 0) is 17.7 Å². The maximum Gasteiger partial charge on any atom is 0.167 e. The first kappa shape index (κ1) is 18.6. The van der Waals surface area contributed by atoms with Gasteiger partial charge in [-0.2, -0.15) is 0 Å². The molecular weight excluding hydrogens is 376 g/mol. The molecule has 3 heterocycles. The van der Waals surface area contributed by atoms with Crippen LogP contribution in [0.3, 0.4) is 0 Å². The van der Waals surface area contributed by atoms with Crippen LogP contribution >= 0.6 is 0 Å². The minimum atomic E-state index is -1.27. The van der Waals surface area contributed by atoms with Gasteiger partial charge in [0.1, 0.15) is 24.6 Å². The lowest BCUT2D eigenvalue weighted by Crippen LogP contribution is -2.33. The van der Waals surface area contributed by atoms with Crippen molar-refractivity contribution in [1.29, 1.82) is 0 Å². The van der Waals surface area contributed by atoms with Crippen LogP contribution in [0, 0.1) is 11.6 Å². The van der Waals surface area contributed by atoms with Crippen LogP contribution in [0.1, 0.15) is 11.8 Å². The Morgan fingerprint density at radius 2 is 1.93 bits per heavy atom. The number of rotatable bonds is 5. The van der Waals surface area contributed by atoms with Crippen molar-refractivity contribution in [2.45, 2.75) is 31.1 Å². The molecule has 9 nitrogen and oxygen atoms in total. The number of nitrogens with one attached hydrogen (secondary N) is 1. The van der Waals surface area contributed by atoms with Crippen molar-refractivity contribution >= 4 is 17.0 Å². The molecule has 1 saturated heterocycles. The molecule has 1 fully saturated rings. The van der Waals surface area contributed by atoms with Gasteiger partial charge in [-0.3, -0.25) is 4.57 Å². The highest BCUT2D eigenvalue weighted by Gasteiger charge is 2.44. The lowest BCUT2D eigenvalue weighted by Gasteiger charge is -2.16. The summed E-state index contributed by atoms with van der Waals surface area (Å²) in [6, 6.07) is 3.57. The van der Waals surface area contributed by atoms with Crippen molar-refractivity contribution in [2.24, 2.45) is 0 Å². The molecule has 2 aromatic heterocycles. The van der Waals surface area contributed by atoms with Crippen molar-refractivity contribution in [1.82, 2.24) is 19.5 Å². The fourth-order valence-corrected chi connectivity index (χ4v) is 3.11. The van der Waals surface area contributed by atoms with Crippen LogP contribution in [0.5, 0.6) is 0 Å². The predicted octanol–water partition coefficient (Wildman–Crippen LogP) is 0.328. The number of nitrogens with zero attached hydrogens (tertiary/aromatic N) is 4. The number of hydrogen-bond donors (Lipinski definition) is 4. The topological polar surface area (TPSA) is 126 Å². The number of imidazole rings is 1. The quantitative estimate of drug-likeness (QED) is 0.489. The van der Waals surface area contributed by atoms with Gasteiger partial charge in [-0.15, -0.1) is 0 Å². The zero-order valence-corrected chi connectivity index (χ0v) is 14.4. The molecular formula is C17H17F2N5O4. The van der Waals surface area contributed by atoms with E-state index in [0.29, 0.717) is 22.5 Å². The highest BCUT2D eigenvalue weighted by Crippen LogP contribution is 2.32. The fraction of sp³-hybridized carbons (Fsp3) is 0.353. The summed E-state index contributed by atoms with van der Waals surface area (Å²) in [7, 11) is 0. The number of aliphatic hydroxyl groups is 3. The molecule has 4 rings (SSSR count). The van der Waals surface area contributed by atoms with E-state index < -0.39 is 42.8 Å². The van der Waals surface area contributed by atoms with E-state index in [4.69, 9.17) is 4.74 Å². The normalized spacial score (nSPS) is 24.8. The lowest BCUT2D eigenvalue weighted by atomic mass is 10.1. The third kappa shape index (κ3) is 3.18. The Hall–Kier alpha value is -2.73. The number of aromatic nitrogens is 4. The standard InChI is InChI=1S/C17H17F2N5O4/c18-9-2-1-8(3-10(9)19)4-20-15-12-16(22-6-21-15)24(7-23-12)17-14(27)13(26)11(5-25)28-17/h1-3,6-7,11,13-14,17,25-27H,4-5H2,(H,20,21,22)/t11-,13-,14-,17?/m1/s1. The molecule has 0 bridgehead atoms. The Morgan fingerprint density at radius 1 is 1.11 bits per heavy atom. The first-order chi connectivity index (χ1) is 13.5. The molecule has 11 heteroatoms. The zero-order chi connectivity index (χ0) is 19.8. The van der Waals surface area contributed by atoms with Gasteiger partial charge in [-0.1, -0.05) is 6.07 Å². The molecule has 1 aliphatic rings. The number of anilines is 1. The summed E-state index contributed by atoms with van der Waals surface area (Å²) < 4.78 is 33.3. The van der Waals surface area contributed by atoms with Crippen molar-refractivity contribution < 1.29 is 28.8 Å². The van der Waals surface area contributed by atoms with Gasteiger partial charge in [0.05, 0.1) is 12.9 Å². The summed E-state index contributed by atoms with van der Waals surface area (Å²) in [5.41, 5.74) is 1.20. The fourth-order valence-electron chi connectivity index (χ4n) is 3.11. The molecule has 0 aliphatic carbocycles. The van der Waals surface area contributed by atoms with Crippen LogP contribution in [0.15, 0.2) is 30.9 Å². The summed E-state index contributed by atoms with van der Waals surface area (Å²) in [6.45, 7) is -0.276. The van der Waals surface area contributed by atoms with E-state index in [1.165, 1.54) is 23.3 Å². The number of hydrogen-bond acceptors (Lipinski definition) is 8. The average Bonchev–Trinajstić information content (AvgIpc) is 3.24. The van der Waals surface area contributed by atoms with E-state index in [9.17, 15) is 24.1 Å². The minimum absolute atomic E-state index is 0.171. The lowest BCUT2D eigenvalue weighted by molar-refractivity contribution is -0.0511. The summed E-state index contributed by atoms with van der Waals surface area (Å²) in [5.74, 6) is -1.52. The van der Waals surface area contributed by atoms with E-state index >= 15 is 0 Å². The van der Waals surface area contributed by atoms with Gasteiger partial charge in [-0.25, -0.2) is 23.7 Å². The molecule has 1 aliphatic heterocycles. The third-order valence-electron chi connectivity index (χ3n) is 4.59. The SMILES string of the molecule is OC[C@H]1OC(n2cnc3c(NCc4ccc(F)c(F)c4)ncnc32)[C@H](O)[C@@H]1O. The summed E-state index contributed by atoms with van der Waals surface area (Å²) in [4.78, 5) is 12.5. The minimum Gasteiger partial charge on any atom is -0.394 e. The second-order valence-electron chi connectivity index (χ2n) is 6.38. The number of benzene rings is 1. The Morgan fingerprint density at radius 3 is 2.64 bits per heavy atom. The van der Waals surface area contributed by atoms with Gasteiger partial charge in [0, 0.05) is 6.54 Å². The van der Waals surface area contributed by atoms with Crippen LogP contribution in [0.2, 0.25) is 0 Å². The Kier molecular flexibility index (Phi) is 4.89. The van der Waals surface area contributed by atoms with Gasteiger partial charge < -0.3 is 25.4 Å². The molecule has 0 radical (unpaired) electrons. The molecule has 1 unspecified atom stereocenters. The smallest absolute Gasteiger partial charge is 0.167 e. The Balaban J connectivity index is 1.59. The first-order valence-corrected chi connectivity index (χ1v) is 8.47. The third-order valence-corrected chi connectivity index (χ3v) is 4.59. The summed E-state index contributed by atoms with van der Waals surface area (Å²) in [5, 5.41) is 32.4. The predicted molar refractivity (Wildman–Crippen MR) is 92.0 cm³/mol. The second kappa shape index (κ2) is 7.36. The van der Waals surface area contributed by atoms with E-state index in [-0.39, 0.29) is 6.54 Å². The van der Waals surface area contributed by atoms with Crippen LogP contribution < -0.4 is 5.32 Å². The highest BCUT2D eigenvalue weighted by molar-refractivity contribution is 5.82. The van der Waals surface area contributed by atoms with Crippen molar-refractivity contribution in [3.8, 4) is 0 Å². The van der Waals surface area contributed by atoms with Crippen molar-refractivity contribution in [2.75, 3.05) is 11.9 Å². The van der Waals surface area contributed by atoms with E-state index in [1.807, 2.05) is 0 Å². The zero-order valence-electron chi connectivity index (χ0n) is 14.4. The summed E-state index contributed by atoms with van der Waals surface area (Å²) >= 11 is 0. The molecule has 0 spiro atoms. The van der Waals surface area contributed by atoms with E-state index in [1.54, 1.807) is 0 Å². The van der Waals surface area contributed by atoms with Crippen LogP contribution in [-0.4, -0.2) is 59.8 Å². The van der Waals surface area contributed by atoms with Crippen molar-refractivity contribution in [3.05, 3.63) is 48.1 Å². The number of aliphatic hydroxyl groups excluding tert-OH is 3. The van der Waals surface area contributed by atoms with E-state index in [2.05, 4.69) is 20.3 Å². The van der Waals surface area contributed by atoms with Crippen LogP contribution in [-0.2, 0) is 11.3 Å². The molecule has 4 N–H and O–H groups in total. The molecule has 148 valence electrons.